The van der Waals surface area contributed by atoms with Gasteiger partial charge in [0.1, 0.15) is 11.5 Å². The molecular weight excluding hydrogens is 286 g/mol. The van der Waals surface area contributed by atoms with E-state index in [1.807, 2.05) is 0 Å². The molecular formula is C16H19NO5. The normalized spacial score (nSPS) is 28.7. The van der Waals surface area contributed by atoms with Crippen LogP contribution >= 0.6 is 0 Å². The lowest BCUT2D eigenvalue weighted by atomic mass is 10.0. The van der Waals surface area contributed by atoms with Crippen LogP contribution in [-0.4, -0.2) is 32.4 Å². The fraction of sp³-hybridized carbons (Fsp3) is 0.312. The lowest BCUT2D eigenvalue weighted by molar-refractivity contribution is -0.121. The summed E-state index contributed by atoms with van der Waals surface area (Å²) in [6, 6.07) is 2.44. The number of hydrogen-bond acceptors (Lipinski definition) is 5. The van der Waals surface area contributed by atoms with Crippen molar-refractivity contribution in [3.63, 3.8) is 0 Å². The van der Waals surface area contributed by atoms with Gasteiger partial charge in [-0.25, -0.2) is 0 Å². The van der Waals surface area contributed by atoms with Crippen molar-refractivity contribution < 1.29 is 25.2 Å². The van der Waals surface area contributed by atoms with Gasteiger partial charge in [-0.15, -0.1) is 0 Å². The molecule has 22 heavy (non-hydrogen) atoms. The molecule has 1 aliphatic heterocycles. The average molecular weight is 305 g/mol. The van der Waals surface area contributed by atoms with Crippen LogP contribution in [0.1, 0.15) is 25.0 Å². The van der Waals surface area contributed by atoms with Gasteiger partial charge in [0.25, 0.3) is 0 Å². The Balaban J connectivity index is 2.47. The number of anilines is 1. The number of aromatic hydroxyl groups is 2. The molecule has 1 amide bonds. The molecule has 6 nitrogen and oxygen atoms in total. The predicted molar refractivity (Wildman–Crippen MR) is 81.4 cm³/mol. The number of hydrogen-bond donors (Lipinski definition) is 5. The fourth-order valence-corrected chi connectivity index (χ4v) is 2.15. The average Bonchev–Trinajstić information content (AvgIpc) is 2.48. The molecule has 1 aliphatic rings. The number of phenolic OH excluding ortho intramolecular Hbond substituents is 2. The summed E-state index contributed by atoms with van der Waals surface area (Å²) < 4.78 is 0. The first-order valence-corrected chi connectivity index (χ1v) is 6.96. The Labute approximate surface area is 128 Å². The highest BCUT2D eigenvalue weighted by atomic mass is 16.3. The van der Waals surface area contributed by atoms with E-state index < -0.39 is 24.0 Å². The lowest BCUT2D eigenvalue weighted by Gasteiger charge is -2.18. The highest BCUT2D eigenvalue weighted by Crippen LogP contribution is 2.37. The molecule has 1 aromatic carbocycles. The summed E-state index contributed by atoms with van der Waals surface area (Å²) in [4.78, 5) is 12.1. The van der Waals surface area contributed by atoms with Crippen LogP contribution in [-0.2, 0) is 4.79 Å². The van der Waals surface area contributed by atoms with Crippen LogP contribution in [0.25, 0.3) is 0 Å². The fourth-order valence-electron chi connectivity index (χ4n) is 2.15. The van der Waals surface area contributed by atoms with Gasteiger partial charge in [-0.05, 0) is 12.5 Å². The molecule has 3 atom stereocenters. The number of nitrogens with one attached hydrogen (secondary N) is 1. The Kier molecular flexibility index (Phi) is 4.85. The van der Waals surface area contributed by atoms with Crippen molar-refractivity contribution in [3.05, 3.63) is 42.0 Å². The minimum absolute atomic E-state index is 0.00898. The number of rotatable bonds is 0. The van der Waals surface area contributed by atoms with Crippen LogP contribution in [0, 0.1) is 5.92 Å². The van der Waals surface area contributed by atoms with Crippen LogP contribution < -0.4 is 5.32 Å². The molecule has 0 unspecified atom stereocenters. The first kappa shape index (κ1) is 16.1. The van der Waals surface area contributed by atoms with E-state index >= 15 is 0 Å². The zero-order valence-electron chi connectivity index (χ0n) is 12.1. The van der Waals surface area contributed by atoms with Crippen molar-refractivity contribution in [2.45, 2.75) is 25.6 Å². The molecule has 0 spiro atoms. The van der Waals surface area contributed by atoms with E-state index in [4.69, 9.17) is 0 Å². The quantitative estimate of drug-likeness (QED) is 0.369. The van der Waals surface area contributed by atoms with E-state index in [0.29, 0.717) is 0 Å². The summed E-state index contributed by atoms with van der Waals surface area (Å²) in [6.07, 6.45) is 4.54. The number of amides is 1. The maximum atomic E-state index is 12.1. The summed E-state index contributed by atoms with van der Waals surface area (Å²) in [6.45, 7) is 1.54. The molecule has 0 aromatic heterocycles. The molecule has 0 radical (unpaired) electrons. The van der Waals surface area contributed by atoms with Crippen LogP contribution in [0.5, 0.6) is 11.5 Å². The summed E-state index contributed by atoms with van der Waals surface area (Å²) in [7, 11) is 0. The van der Waals surface area contributed by atoms with Gasteiger partial charge in [0.05, 0.1) is 23.8 Å². The van der Waals surface area contributed by atoms with E-state index in [0.717, 1.165) is 0 Å². The molecule has 2 rings (SSSR count). The first-order valence-electron chi connectivity index (χ1n) is 6.96. The molecule has 1 heterocycles. The maximum Gasteiger partial charge on any atom is 0.230 e. The van der Waals surface area contributed by atoms with E-state index in [9.17, 15) is 25.2 Å². The van der Waals surface area contributed by atoms with Gasteiger partial charge in [0.2, 0.25) is 5.91 Å². The standard InChI is InChI=1S/C16H19NO5/c1-9-13(19)5-3-2-4-6-14(20)11-7-10(18)8-12(15(11)21)17-16(9)22/h2-5,7-9,13-14,18-21H,6H2,1H3,(H,17,22)/b4-2-,5-3+/t9-,13+,14+/m0/s1. The Morgan fingerprint density at radius 1 is 1.18 bits per heavy atom. The van der Waals surface area contributed by atoms with Crippen LogP contribution in [0.2, 0.25) is 0 Å². The minimum atomic E-state index is -1.03. The van der Waals surface area contributed by atoms with Crippen LogP contribution in [0.4, 0.5) is 5.69 Å². The molecule has 2 bridgehead atoms. The van der Waals surface area contributed by atoms with Crippen LogP contribution in [0.15, 0.2) is 36.4 Å². The summed E-state index contributed by atoms with van der Waals surface area (Å²) in [5, 5.41) is 42.4. The highest BCUT2D eigenvalue weighted by Gasteiger charge is 2.23. The van der Waals surface area contributed by atoms with Gasteiger partial charge in [0.15, 0.2) is 0 Å². The largest absolute Gasteiger partial charge is 0.508 e. The molecule has 6 heteroatoms. The van der Waals surface area contributed by atoms with E-state index in [2.05, 4.69) is 5.32 Å². The SMILES string of the molecule is C[C@@H]1C(=O)Nc2cc(O)cc(c2O)[C@H](O)C/C=C\C=C\[C@H]1O. The maximum absolute atomic E-state index is 12.1. The van der Waals surface area contributed by atoms with Gasteiger partial charge in [-0.2, -0.15) is 0 Å². The second kappa shape index (κ2) is 6.64. The van der Waals surface area contributed by atoms with E-state index in [-0.39, 0.29) is 29.2 Å². The number of phenols is 2. The smallest absolute Gasteiger partial charge is 0.230 e. The lowest BCUT2D eigenvalue weighted by Crippen LogP contribution is -2.29. The Hall–Kier alpha value is -2.31. The van der Waals surface area contributed by atoms with Gasteiger partial charge < -0.3 is 25.7 Å². The highest BCUT2D eigenvalue weighted by molar-refractivity contribution is 5.94. The predicted octanol–water partition coefficient (Wildman–Crippen LogP) is 1.58. The van der Waals surface area contributed by atoms with Crippen LogP contribution in [0.3, 0.4) is 0 Å². The second-order valence-electron chi connectivity index (χ2n) is 5.26. The van der Waals surface area contributed by atoms with Crippen molar-refractivity contribution in [3.8, 4) is 11.5 Å². The summed E-state index contributed by atoms with van der Waals surface area (Å²) >= 11 is 0. The Bertz CT molecular complexity index is 623. The summed E-state index contributed by atoms with van der Waals surface area (Å²) in [5.41, 5.74) is 0.113. The molecule has 0 aliphatic carbocycles. The molecule has 118 valence electrons. The number of aliphatic hydroxyl groups excluding tert-OH is 2. The van der Waals surface area contributed by atoms with Gasteiger partial charge >= 0.3 is 0 Å². The van der Waals surface area contributed by atoms with Gasteiger partial charge in [-0.1, -0.05) is 31.2 Å². The third-order valence-corrected chi connectivity index (χ3v) is 3.58. The number of benzene rings is 1. The van der Waals surface area contributed by atoms with E-state index in [1.165, 1.54) is 18.2 Å². The number of carbonyl (C=O) groups excluding carboxylic acids is 1. The second-order valence-corrected chi connectivity index (χ2v) is 5.26. The van der Waals surface area contributed by atoms with Crippen molar-refractivity contribution in [2.75, 3.05) is 5.32 Å². The van der Waals surface area contributed by atoms with Crippen molar-refractivity contribution >= 4 is 11.6 Å². The first-order chi connectivity index (χ1) is 10.4. The molecule has 5 N–H and O–H groups in total. The molecule has 1 aromatic rings. The molecule has 0 fully saturated rings. The number of fused-ring (bicyclic) bond motifs is 2. The van der Waals surface area contributed by atoms with Gasteiger partial charge in [0, 0.05) is 11.6 Å². The molecule has 0 saturated heterocycles. The zero-order chi connectivity index (χ0) is 16.3. The number of aliphatic hydroxyl groups is 2. The monoisotopic (exact) mass is 305 g/mol. The topological polar surface area (TPSA) is 110 Å². The van der Waals surface area contributed by atoms with Gasteiger partial charge in [-0.3, -0.25) is 4.79 Å². The van der Waals surface area contributed by atoms with Crippen molar-refractivity contribution in [2.24, 2.45) is 5.92 Å². The number of allylic oxidation sites excluding steroid dienone is 2. The Morgan fingerprint density at radius 2 is 1.91 bits per heavy atom. The zero-order valence-corrected chi connectivity index (χ0v) is 12.1. The third-order valence-electron chi connectivity index (χ3n) is 3.58. The minimum Gasteiger partial charge on any atom is -0.508 e. The van der Waals surface area contributed by atoms with E-state index in [1.54, 1.807) is 25.2 Å². The van der Waals surface area contributed by atoms with Crippen molar-refractivity contribution in [1.29, 1.82) is 0 Å². The molecule has 0 saturated carbocycles. The Morgan fingerprint density at radius 3 is 2.64 bits per heavy atom. The third kappa shape index (κ3) is 3.47. The van der Waals surface area contributed by atoms with Crippen molar-refractivity contribution in [1.82, 2.24) is 0 Å². The number of carbonyl (C=O) groups is 1. The summed E-state index contributed by atoms with van der Waals surface area (Å²) in [5.74, 6) is -1.75.